The van der Waals surface area contributed by atoms with Crippen LogP contribution in [0, 0.1) is 0 Å². The van der Waals surface area contributed by atoms with Gasteiger partial charge in [0, 0.05) is 19.4 Å². The third kappa shape index (κ3) is 30.9. The fourth-order valence-corrected chi connectivity index (χ4v) is 4.67. The van der Waals surface area contributed by atoms with Crippen molar-refractivity contribution in [3.63, 3.8) is 0 Å². The monoisotopic (exact) mass is 563 g/mol. The van der Waals surface area contributed by atoms with Crippen LogP contribution in [0.3, 0.4) is 0 Å². The highest BCUT2D eigenvalue weighted by Crippen LogP contribution is 2.12. The van der Waals surface area contributed by atoms with Gasteiger partial charge in [0.15, 0.2) is 0 Å². The summed E-state index contributed by atoms with van der Waals surface area (Å²) in [4.78, 5) is 23.9. The molecule has 234 valence electrons. The molecule has 0 fully saturated rings. The molecule has 0 aliphatic heterocycles. The molecule has 5 heteroatoms. The van der Waals surface area contributed by atoms with E-state index in [9.17, 15) is 14.7 Å². The summed E-state index contributed by atoms with van der Waals surface area (Å²) in [6.07, 6.45) is 35.6. The highest BCUT2D eigenvalue weighted by Gasteiger charge is 2.10. The summed E-state index contributed by atoms with van der Waals surface area (Å²) in [6.45, 7) is 4.56. The Kier molecular flexibility index (Phi) is 30.6. The molecule has 2 N–H and O–H groups in total. The van der Waals surface area contributed by atoms with Gasteiger partial charge in [-0.05, 0) is 44.9 Å². The van der Waals surface area contributed by atoms with Crippen LogP contribution in [0.2, 0.25) is 0 Å². The van der Waals surface area contributed by atoms with Gasteiger partial charge in [0.25, 0.3) is 0 Å². The van der Waals surface area contributed by atoms with Crippen LogP contribution in [-0.4, -0.2) is 36.2 Å². The van der Waals surface area contributed by atoms with Gasteiger partial charge in [-0.2, -0.15) is 0 Å². The molecule has 1 amide bonds. The number of rotatable bonds is 30. The first kappa shape index (κ1) is 38.4. The summed E-state index contributed by atoms with van der Waals surface area (Å²) < 4.78 is 5.17. The SMILES string of the molecule is CCCCCC=CCC=CCCCCCCCC(=O)NCC(O)COC(=O)CCCCCCCCCCCCC. The second kappa shape index (κ2) is 31.9. The lowest BCUT2D eigenvalue weighted by molar-refractivity contribution is -0.146. The predicted molar refractivity (Wildman–Crippen MR) is 170 cm³/mol. The first-order valence-corrected chi connectivity index (χ1v) is 17.0. The zero-order chi connectivity index (χ0) is 29.4. The molecule has 0 saturated heterocycles. The molecule has 5 nitrogen and oxygen atoms in total. The van der Waals surface area contributed by atoms with E-state index in [1.165, 1.54) is 96.3 Å². The van der Waals surface area contributed by atoms with Gasteiger partial charge in [-0.1, -0.05) is 134 Å². The molecule has 0 aliphatic rings. The molecule has 0 rings (SSSR count). The minimum atomic E-state index is -0.852. The van der Waals surface area contributed by atoms with Gasteiger partial charge in [-0.15, -0.1) is 0 Å². The molecule has 0 heterocycles. The van der Waals surface area contributed by atoms with Gasteiger partial charge in [0.1, 0.15) is 12.7 Å². The maximum Gasteiger partial charge on any atom is 0.305 e. The van der Waals surface area contributed by atoms with Crippen molar-refractivity contribution >= 4 is 11.9 Å². The van der Waals surface area contributed by atoms with E-state index in [4.69, 9.17) is 4.74 Å². The van der Waals surface area contributed by atoms with E-state index in [-0.39, 0.29) is 25.0 Å². The zero-order valence-corrected chi connectivity index (χ0v) is 26.4. The summed E-state index contributed by atoms with van der Waals surface area (Å²) in [5.41, 5.74) is 0. The molecule has 0 spiro atoms. The van der Waals surface area contributed by atoms with Gasteiger partial charge in [-0.25, -0.2) is 0 Å². The van der Waals surface area contributed by atoms with Crippen LogP contribution in [0.25, 0.3) is 0 Å². The minimum Gasteiger partial charge on any atom is -0.463 e. The summed E-state index contributed by atoms with van der Waals surface area (Å²) in [5, 5.41) is 12.8. The summed E-state index contributed by atoms with van der Waals surface area (Å²) in [7, 11) is 0. The van der Waals surface area contributed by atoms with Crippen molar-refractivity contribution in [1.82, 2.24) is 5.32 Å². The lowest BCUT2D eigenvalue weighted by Crippen LogP contribution is -2.35. The molecule has 0 saturated carbocycles. The second-order valence-corrected chi connectivity index (χ2v) is 11.4. The number of nitrogens with one attached hydrogen (secondary N) is 1. The molecule has 0 aromatic rings. The highest BCUT2D eigenvalue weighted by atomic mass is 16.5. The predicted octanol–water partition coefficient (Wildman–Crippen LogP) is 9.52. The number of aliphatic hydroxyl groups is 1. The molecule has 0 radical (unpaired) electrons. The van der Waals surface area contributed by atoms with Crippen LogP contribution in [-0.2, 0) is 14.3 Å². The number of allylic oxidation sites excluding steroid dienone is 4. The fourth-order valence-electron chi connectivity index (χ4n) is 4.67. The Bertz CT molecular complexity index is 617. The lowest BCUT2D eigenvalue weighted by atomic mass is 10.1. The van der Waals surface area contributed by atoms with Gasteiger partial charge in [-0.3, -0.25) is 9.59 Å². The second-order valence-electron chi connectivity index (χ2n) is 11.4. The maximum absolute atomic E-state index is 12.0. The number of aliphatic hydroxyl groups excluding tert-OH is 1. The maximum atomic E-state index is 12.0. The van der Waals surface area contributed by atoms with Crippen LogP contribution >= 0.6 is 0 Å². The highest BCUT2D eigenvalue weighted by molar-refractivity contribution is 5.75. The molecule has 1 unspecified atom stereocenters. The van der Waals surface area contributed by atoms with Crippen LogP contribution in [0.5, 0.6) is 0 Å². The third-order valence-corrected chi connectivity index (χ3v) is 7.31. The van der Waals surface area contributed by atoms with Crippen LogP contribution < -0.4 is 5.32 Å². The normalized spacial score (nSPS) is 12.4. The molecule has 40 heavy (non-hydrogen) atoms. The molecular weight excluding hydrogens is 498 g/mol. The van der Waals surface area contributed by atoms with Crippen molar-refractivity contribution < 1.29 is 19.4 Å². The average Bonchev–Trinajstić information content (AvgIpc) is 2.95. The Morgan fingerprint density at radius 1 is 0.625 bits per heavy atom. The average molecular weight is 564 g/mol. The zero-order valence-electron chi connectivity index (χ0n) is 26.4. The van der Waals surface area contributed by atoms with E-state index in [0.717, 1.165) is 44.9 Å². The molecule has 0 aliphatic carbocycles. The number of unbranched alkanes of at least 4 members (excludes halogenated alkanes) is 18. The van der Waals surface area contributed by atoms with Crippen molar-refractivity contribution in [2.75, 3.05) is 13.2 Å². The molecule has 0 aromatic heterocycles. The smallest absolute Gasteiger partial charge is 0.305 e. The van der Waals surface area contributed by atoms with E-state index >= 15 is 0 Å². The van der Waals surface area contributed by atoms with Gasteiger partial charge >= 0.3 is 5.97 Å². The Morgan fingerprint density at radius 2 is 1.07 bits per heavy atom. The molecule has 0 aromatic carbocycles. The number of hydrogen-bond acceptors (Lipinski definition) is 4. The quantitative estimate of drug-likeness (QED) is 0.0518. The van der Waals surface area contributed by atoms with Crippen LogP contribution in [0.15, 0.2) is 24.3 Å². The topological polar surface area (TPSA) is 75.6 Å². The summed E-state index contributed by atoms with van der Waals surface area (Å²) >= 11 is 0. The third-order valence-electron chi connectivity index (χ3n) is 7.31. The van der Waals surface area contributed by atoms with Gasteiger partial charge < -0.3 is 15.2 Å². The van der Waals surface area contributed by atoms with E-state index in [2.05, 4.69) is 43.5 Å². The molecule has 1 atom stereocenters. The first-order valence-electron chi connectivity index (χ1n) is 17.0. The Morgan fingerprint density at radius 3 is 1.65 bits per heavy atom. The number of amides is 1. The van der Waals surface area contributed by atoms with E-state index in [0.29, 0.717) is 12.8 Å². The van der Waals surface area contributed by atoms with Gasteiger partial charge in [0.2, 0.25) is 5.91 Å². The van der Waals surface area contributed by atoms with Crippen molar-refractivity contribution in [1.29, 1.82) is 0 Å². The van der Waals surface area contributed by atoms with E-state index in [1.54, 1.807) is 0 Å². The van der Waals surface area contributed by atoms with Crippen LogP contribution in [0.4, 0.5) is 0 Å². The number of carbonyl (C=O) groups is 2. The molecule has 0 bridgehead atoms. The first-order chi connectivity index (χ1) is 19.6. The Hall–Kier alpha value is -1.62. The number of carbonyl (C=O) groups excluding carboxylic acids is 2. The van der Waals surface area contributed by atoms with Crippen molar-refractivity contribution in [2.45, 2.75) is 174 Å². The van der Waals surface area contributed by atoms with Crippen LogP contribution in [0.1, 0.15) is 168 Å². The van der Waals surface area contributed by atoms with Crippen molar-refractivity contribution in [3.8, 4) is 0 Å². The van der Waals surface area contributed by atoms with Gasteiger partial charge in [0.05, 0.1) is 0 Å². The summed E-state index contributed by atoms with van der Waals surface area (Å²) in [5.74, 6) is -0.302. The lowest BCUT2D eigenvalue weighted by Gasteiger charge is -2.12. The van der Waals surface area contributed by atoms with Crippen molar-refractivity contribution in [2.24, 2.45) is 0 Å². The Labute approximate surface area is 248 Å². The summed E-state index contributed by atoms with van der Waals surface area (Å²) in [6, 6.07) is 0. The number of esters is 1. The minimum absolute atomic E-state index is 0.0444. The molecular formula is C35H65NO4. The largest absolute Gasteiger partial charge is 0.463 e. The standard InChI is InChI=1S/C35H65NO4/c1-3-5-7-9-11-13-15-16-17-18-20-21-23-25-27-29-34(38)36-31-33(37)32-40-35(39)30-28-26-24-22-19-14-12-10-8-6-4-2/h11,13,16-17,33,37H,3-10,12,14-15,18-32H2,1-2H3,(H,36,38). The van der Waals surface area contributed by atoms with Crippen molar-refractivity contribution in [3.05, 3.63) is 24.3 Å². The van der Waals surface area contributed by atoms with E-state index in [1.807, 2.05) is 0 Å². The van der Waals surface area contributed by atoms with E-state index < -0.39 is 6.10 Å². The number of ether oxygens (including phenoxy) is 1. The fraction of sp³-hybridized carbons (Fsp3) is 0.829. The number of hydrogen-bond donors (Lipinski definition) is 2. The Balaban J connectivity index is 3.47.